The molecule has 33 heavy (non-hydrogen) atoms. The smallest absolute Gasteiger partial charge is 0.276 e. The monoisotopic (exact) mass is 441 g/mol. The Kier molecular flexibility index (Phi) is 5.40. The average molecular weight is 441 g/mol. The minimum absolute atomic E-state index is 0.163. The van der Waals surface area contributed by atoms with Gasteiger partial charge < -0.3 is 19.6 Å². The number of ether oxygens (including phenoxy) is 1. The van der Waals surface area contributed by atoms with Gasteiger partial charge in [0, 0.05) is 48.3 Å². The van der Waals surface area contributed by atoms with Crippen LogP contribution >= 0.6 is 0 Å². The molecule has 0 spiro atoms. The Labute approximate surface area is 189 Å². The molecule has 5 rings (SSSR count). The van der Waals surface area contributed by atoms with E-state index in [1.54, 1.807) is 33.6 Å². The Balaban J connectivity index is 1.29. The van der Waals surface area contributed by atoms with Crippen LogP contribution in [-0.2, 0) is 6.54 Å². The van der Waals surface area contributed by atoms with Gasteiger partial charge in [-0.1, -0.05) is 6.07 Å². The third-order valence-corrected chi connectivity index (χ3v) is 5.52. The number of aromatic amines is 1. The van der Waals surface area contributed by atoms with Gasteiger partial charge in [-0.25, -0.2) is 4.52 Å². The lowest BCUT2D eigenvalue weighted by atomic mass is 10.1. The summed E-state index contributed by atoms with van der Waals surface area (Å²) in [6.45, 7) is 3.23. The molecule has 0 aliphatic heterocycles. The van der Waals surface area contributed by atoms with Crippen molar-refractivity contribution in [2.75, 3.05) is 13.2 Å². The van der Waals surface area contributed by atoms with Crippen molar-refractivity contribution < 1.29 is 9.53 Å². The average Bonchev–Trinajstić information content (AvgIpc) is 3.48. The van der Waals surface area contributed by atoms with E-state index in [0.717, 1.165) is 22.2 Å². The molecule has 0 atom stereocenters. The Bertz CT molecular complexity index is 1490. The molecule has 0 saturated carbocycles. The van der Waals surface area contributed by atoms with E-state index in [0.29, 0.717) is 36.5 Å². The molecule has 0 bridgehead atoms. The molecule has 166 valence electrons. The maximum absolute atomic E-state index is 12.9. The molecule has 3 heterocycles. The van der Waals surface area contributed by atoms with E-state index in [-0.39, 0.29) is 11.5 Å². The fourth-order valence-electron chi connectivity index (χ4n) is 3.81. The summed E-state index contributed by atoms with van der Waals surface area (Å²) in [5, 5.41) is 8.45. The van der Waals surface area contributed by atoms with Gasteiger partial charge in [0.05, 0.1) is 12.3 Å². The number of nitrogens with zero attached hydrogens (tertiary/aromatic N) is 3. The number of fused-ring (bicyclic) bond motifs is 2. The number of rotatable bonds is 7. The van der Waals surface area contributed by atoms with Crippen molar-refractivity contribution in [2.45, 2.75) is 13.5 Å². The van der Waals surface area contributed by atoms with Crippen molar-refractivity contribution in [3.8, 4) is 17.0 Å². The lowest BCUT2D eigenvalue weighted by molar-refractivity contribution is 0.0952. The molecule has 0 radical (unpaired) electrons. The highest BCUT2D eigenvalue weighted by Gasteiger charge is 2.11. The zero-order valence-corrected chi connectivity index (χ0v) is 18.1. The van der Waals surface area contributed by atoms with Crippen molar-refractivity contribution in [1.82, 2.24) is 24.5 Å². The second kappa shape index (κ2) is 8.66. The van der Waals surface area contributed by atoms with Gasteiger partial charge in [-0.05, 0) is 60.8 Å². The number of aromatic nitrogens is 4. The Morgan fingerprint density at radius 2 is 1.94 bits per heavy atom. The quantitative estimate of drug-likeness (QED) is 0.404. The maximum Gasteiger partial charge on any atom is 0.276 e. The first kappa shape index (κ1) is 20.6. The van der Waals surface area contributed by atoms with Crippen LogP contribution in [0, 0.1) is 0 Å². The second-order valence-electron chi connectivity index (χ2n) is 7.65. The third-order valence-electron chi connectivity index (χ3n) is 5.52. The zero-order valence-electron chi connectivity index (χ0n) is 18.1. The number of carbonyl (C=O) groups excluding carboxylic acids is 1. The molecule has 8 nitrogen and oxygen atoms in total. The molecule has 0 aliphatic rings. The van der Waals surface area contributed by atoms with Crippen LogP contribution in [0.25, 0.3) is 27.7 Å². The molecule has 0 saturated heterocycles. The fourth-order valence-corrected chi connectivity index (χ4v) is 3.81. The van der Waals surface area contributed by atoms with Crippen molar-refractivity contribution in [3.05, 3.63) is 89.1 Å². The van der Waals surface area contributed by atoms with Crippen LogP contribution in [0.2, 0.25) is 0 Å². The molecule has 8 heteroatoms. The van der Waals surface area contributed by atoms with Gasteiger partial charge in [0.15, 0.2) is 0 Å². The van der Waals surface area contributed by atoms with Crippen LogP contribution < -0.4 is 15.6 Å². The van der Waals surface area contributed by atoms with Crippen molar-refractivity contribution >= 4 is 22.3 Å². The van der Waals surface area contributed by atoms with Gasteiger partial charge in [0.1, 0.15) is 11.3 Å². The standard InChI is InChI=1S/C25H23N5O3/c1-2-33-20-7-5-17(6-8-20)22-16-23-25(32)29(13-14-30(23)28-22)12-11-27-24(31)19-4-3-18-9-10-26-21(18)15-19/h3-10,13-16,26H,2,11-12H2,1H3,(H,27,31). The number of hydrogen-bond acceptors (Lipinski definition) is 4. The summed E-state index contributed by atoms with van der Waals surface area (Å²) in [5.41, 5.74) is 3.41. The van der Waals surface area contributed by atoms with Crippen LogP contribution in [0.5, 0.6) is 5.75 Å². The van der Waals surface area contributed by atoms with E-state index in [9.17, 15) is 9.59 Å². The fraction of sp³-hybridized carbons (Fsp3) is 0.160. The van der Waals surface area contributed by atoms with Crippen LogP contribution in [-0.4, -0.2) is 38.2 Å². The molecule has 3 aromatic heterocycles. The normalized spacial score (nSPS) is 11.2. The van der Waals surface area contributed by atoms with Gasteiger partial charge >= 0.3 is 0 Å². The minimum atomic E-state index is -0.178. The summed E-state index contributed by atoms with van der Waals surface area (Å²) < 4.78 is 8.63. The molecule has 1 amide bonds. The molecule has 5 aromatic rings. The number of H-pyrrole nitrogens is 1. The topological polar surface area (TPSA) is 93.4 Å². The third kappa shape index (κ3) is 4.10. The molecule has 2 N–H and O–H groups in total. The zero-order chi connectivity index (χ0) is 22.8. The van der Waals surface area contributed by atoms with E-state index in [1.165, 1.54) is 0 Å². The molecule has 0 unspecified atom stereocenters. The van der Waals surface area contributed by atoms with Gasteiger partial charge in [0.2, 0.25) is 0 Å². The van der Waals surface area contributed by atoms with Crippen molar-refractivity contribution in [2.24, 2.45) is 0 Å². The van der Waals surface area contributed by atoms with E-state index < -0.39 is 0 Å². The lowest BCUT2D eigenvalue weighted by Gasteiger charge is -2.08. The minimum Gasteiger partial charge on any atom is -0.494 e. The van der Waals surface area contributed by atoms with Crippen LogP contribution in [0.4, 0.5) is 0 Å². The SMILES string of the molecule is CCOc1ccc(-c2cc3c(=O)n(CCNC(=O)c4ccc5cc[nH]c5c4)ccn3n2)cc1. The molecule has 0 fully saturated rings. The van der Waals surface area contributed by atoms with E-state index in [1.807, 2.05) is 55.6 Å². The first-order valence-corrected chi connectivity index (χ1v) is 10.8. The van der Waals surface area contributed by atoms with Crippen LogP contribution in [0.3, 0.4) is 0 Å². The largest absolute Gasteiger partial charge is 0.494 e. The van der Waals surface area contributed by atoms with Gasteiger partial charge in [-0.2, -0.15) is 5.10 Å². The predicted octanol–water partition coefficient (Wildman–Crippen LogP) is 3.47. The summed E-state index contributed by atoms with van der Waals surface area (Å²) in [5.74, 6) is 0.616. The summed E-state index contributed by atoms with van der Waals surface area (Å²) in [6.07, 6.45) is 5.27. The molecular formula is C25H23N5O3. The van der Waals surface area contributed by atoms with Crippen molar-refractivity contribution in [1.29, 1.82) is 0 Å². The Hall–Kier alpha value is -4.33. The lowest BCUT2D eigenvalue weighted by Crippen LogP contribution is -2.31. The van der Waals surface area contributed by atoms with Gasteiger partial charge in [-0.3, -0.25) is 9.59 Å². The maximum atomic E-state index is 12.9. The first-order chi connectivity index (χ1) is 16.1. The highest BCUT2D eigenvalue weighted by Crippen LogP contribution is 2.22. The second-order valence-corrected chi connectivity index (χ2v) is 7.65. The summed E-state index contributed by atoms with van der Waals surface area (Å²) in [4.78, 5) is 28.5. The van der Waals surface area contributed by atoms with E-state index >= 15 is 0 Å². The first-order valence-electron chi connectivity index (χ1n) is 10.8. The highest BCUT2D eigenvalue weighted by molar-refractivity contribution is 5.97. The number of benzene rings is 2. The molecule has 0 aliphatic carbocycles. The summed E-state index contributed by atoms with van der Waals surface area (Å²) in [7, 11) is 0. The Morgan fingerprint density at radius 1 is 1.09 bits per heavy atom. The van der Waals surface area contributed by atoms with Crippen LogP contribution in [0.15, 0.2) is 78.0 Å². The molecular weight excluding hydrogens is 418 g/mol. The van der Waals surface area contributed by atoms with E-state index in [2.05, 4.69) is 15.4 Å². The number of hydrogen-bond donors (Lipinski definition) is 2. The van der Waals surface area contributed by atoms with E-state index in [4.69, 9.17) is 4.74 Å². The van der Waals surface area contributed by atoms with Gasteiger partial charge in [0.25, 0.3) is 11.5 Å². The van der Waals surface area contributed by atoms with Crippen molar-refractivity contribution in [3.63, 3.8) is 0 Å². The number of carbonyl (C=O) groups is 1. The summed E-state index contributed by atoms with van der Waals surface area (Å²) in [6, 6.07) is 16.9. The van der Waals surface area contributed by atoms with Crippen LogP contribution in [0.1, 0.15) is 17.3 Å². The molecule has 2 aromatic carbocycles. The highest BCUT2D eigenvalue weighted by atomic mass is 16.5. The van der Waals surface area contributed by atoms with Gasteiger partial charge in [-0.15, -0.1) is 0 Å². The number of amides is 1. The predicted molar refractivity (Wildman–Crippen MR) is 127 cm³/mol. The Morgan fingerprint density at radius 3 is 2.76 bits per heavy atom. The number of nitrogens with one attached hydrogen (secondary N) is 2. The summed E-state index contributed by atoms with van der Waals surface area (Å²) >= 11 is 0.